The molecule has 0 amide bonds. The molecule has 0 N–H and O–H groups in total. The molecule has 7 heteroatoms. The largest absolute Gasteiger partial charge is 0.298 e. The Morgan fingerprint density at radius 3 is 2.56 bits per heavy atom. The van der Waals surface area contributed by atoms with E-state index in [4.69, 9.17) is 23.2 Å². The van der Waals surface area contributed by atoms with Gasteiger partial charge in [0.25, 0.3) is 0 Å². The van der Waals surface area contributed by atoms with E-state index in [1.54, 1.807) is 30.3 Å². The predicted octanol–water partition coefficient (Wildman–Crippen LogP) is 5.87. The van der Waals surface area contributed by atoms with Gasteiger partial charge >= 0.3 is 0 Å². The van der Waals surface area contributed by atoms with Crippen molar-refractivity contribution in [1.82, 2.24) is 14.8 Å². The van der Waals surface area contributed by atoms with Crippen molar-refractivity contribution in [1.29, 1.82) is 0 Å². The predicted molar refractivity (Wildman–Crippen MR) is 102 cm³/mol. The van der Waals surface area contributed by atoms with Crippen LogP contribution in [0.2, 0.25) is 10.0 Å². The summed E-state index contributed by atoms with van der Waals surface area (Å²) in [6.07, 6.45) is 1.78. The summed E-state index contributed by atoms with van der Waals surface area (Å²) in [7, 11) is 0. The first kappa shape index (κ1) is 18.0. The normalized spacial score (nSPS) is 10.8. The molecule has 0 aliphatic carbocycles. The van der Waals surface area contributed by atoms with Crippen LogP contribution in [0.3, 0.4) is 0 Å². The quantitative estimate of drug-likeness (QED) is 0.387. The molecule has 1 heterocycles. The zero-order valence-electron chi connectivity index (χ0n) is 13.1. The highest BCUT2D eigenvalue weighted by Crippen LogP contribution is 2.32. The second kappa shape index (κ2) is 8.04. The van der Waals surface area contributed by atoms with Crippen molar-refractivity contribution in [2.24, 2.45) is 0 Å². The summed E-state index contributed by atoms with van der Waals surface area (Å²) in [4.78, 5) is 0. The first-order chi connectivity index (χ1) is 12.1. The number of allylic oxidation sites excluding steroid dienone is 1. The van der Waals surface area contributed by atoms with Crippen LogP contribution in [0.15, 0.2) is 60.3 Å². The Morgan fingerprint density at radius 2 is 1.88 bits per heavy atom. The van der Waals surface area contributed by atoms with E-state index in [0.29, 0.717) is 28.2 Å². The van der Waals surface area contributed by atoms with Crippen LogP contribution in [0.1, 0.15) is 5.56 Å². The van der Waals surface area contributed by atoms with Crippen LogP contribution in [0.4, 0.5) is 4.39 Å². The second-order valence-corrected chi connectivity index (χ2v) is 7.03. The molecule has 3 aromatic rings. The highest BCUT2D eigenvalue weighted by molar-refractivity contribution is 7.98. The van der Waals surface area contributed by atoms with Crippen LogP contribution >= 0.6 is 35.0 Å². The number of benzene rings is 2. The van der Waals surface area contributed by atoms with Crippen LogP contribution in [-0.4, -0.2) is 14.8 Å². The zero-order chi connectivity index (χ0) is 17.8. The number of hydrogen-bond donors (Lipinski definition) is 0. The van der Waals surface area contributed by atoms with Crippen LogP contribution in [0.5, 0.6) is 0 Å². The fourth-order valence-corrected chi connectivity index (χ4v) is 3.68. The minimum atomic E-state index is -0.247. The molecule has 0 bridgehead atoms. The van der Waals surface area contributed by atoms with Gasteiger partial charge in [-0.3, -0.25) is 4.57 Å². The van der Waals surface area contributed by atoms with Gasteiger partial charge in [-0.2, -0.15) is 0 Å². The van der Waals surface area contributed by atoms with Gasteiger partial charge < -0.3 is 0 Å². The monoisotopic (exact) mass is 393 g/mol. The topological polar surface area (TPSA) is 30.7 Å². The lowest BCUT2D eigenvalue weighted by Crippen LogP contribution is -2.01. The zero-order valence-corrected chi connectivity index (χ0v) is 15.5. The number of nitrogens with zero attached hydrogens (tertiary/aromatic N) is 3. The highest BCUT2D eigenvalue weighted by atomic mass is 35.5. The molecule has 25 heavy (non-hydrogen) atoms. The Hall–Kier alpha value is -1.82. The summed E-state index contributed by atoms with van der Waals surface area (Å²) in [5.74, 6) is 1.07. The fourth-order valence-electron chi connectivity index (χ4n) is 2.29. The van der Waals surface area contributed by atoms with Crippen molar-refractivity contribution < 1.29 is 4.39 Å². The first-order valence-electron chi connectivity index (χ1n) is 7.45. The summed E-state index contributed by atoms with van der Waals surface area (Å²) in [6, 6.07) is 11.7. The summed E-state index contributed by atoms with van der Waals surface area (Å²) < 4.78 is 14.9. The first-order valence-corrected chi connectivity index (χ1v) is 9.19. The Morgan fingerprint density at radius 1 is 1.12 bits per heavy atom. The molecule has 3 rings (SSSR count). The highest BCUT2D eigenvalue weighted by Gasteiger charge is 2.16. The van der Waals surface area contributed by atoms with Crippen molar-refractivity contribution >= 4 is 35.0 Å². The van der Waals surface area contributed by atoms with Crippen molar-refractivity contribution in [2.75, 3.05) is 0 Å². The van der Waals surface area contributed by atoms with Gasteiger partial charge in [0.05, 0.1) is 5.02 Å². The smallest absolute Gasteiger partial charge is 0.192 e. The third-order valence-electron chi connectivity index (χ3n) is 3.48. The Kier molecular flexibility index (Phi) is 5.78. The van der Waals surface area contributed by atoms with E-state index in [1.165, 1.54) is 23.9 Å². The Balaban J connectivity index is 1.88. The molecule has 0 atom stereocenters. The van der Waals surface area contributed by atoms with Gasteiger partial charge in [-0.05, 0) is 35.9 Å². The molecule has 0 unspecified atom stereocenters. The van der Waals surface area contributed by atoms with Crippen molar-refractivity contribution in [2.45, 2.75) is 17.5 Å². The van der Waals surface area contributed by atoms with E-state index in [2.05, 4.69) is 16.8 Å². The summed E-state index contributed by atoms with van der Waals surface area (Å²) in [5, 5.41) is 10.4. The molecular weight excluding hydrogens is 380 g/mol. The van der Waals surface area contributed by atoms with E-state index < -0.39 is 0 Å². The average molecular weight is 394 g/mol. The Labute approximate surface area is 159 Å². The summed E-state index contributed by atoms with van der Waals surface area (Å²) >= 11 is 13.8. The van der Waals surface area contributed by atoms with Crippen molar-refractivity contribution in [3.8, 4) is 11.4 Å². The van der Waals surface area contributed by atoms with Gasteiger partial charge in [0, 0.05) is 22.9 Å². The minimum absolute atomic E-state index is 0.247. The maximum Gasteiger partial charge on any atom is 0.192 e. The van der Waals surface area contributed by atoms with Crippen LogP contribution in [0.25, 0.3) is 11.4 Å². The second-order valence-electron chi connectivity index (χ2n) is 5.24. The molecule has 0 spiro atoms. The van der Waals surface area contributed by atoms with Gasteiger partial charge in [-0.1, -0.05) is 53.2 Å². The van der Waals surface area contributed by atoms with Crippen LogP contribution in [0, 0.1) is 5.82 Å². The van der Waals surface area contributed by atoms with E-state index in [-0.39, 0.29) is 5.82 Å². The average Bonchev–Trinajstić information content (AvgIpc) is 2.97. The number of thioether (sulfide) groups is 1. The molecule has 3 nitrogen and oxygen atoms in total. The van der Waals surface area contributed by atoms with Crippen molar-refractivity contribution in [3.05, 3.63) is 76.5 Å². The molecule has 2 aromatic carbocycles. The standard InChI is InChI=1S/C18H14Cl2FN3S/c1-2-9-24-17(15-8-5-13(19)10-16(15)20)22-23-18(24)25-11-12-3-6-14(21)7-4-12/h2-8,10H,1,9,11H2. The number of aromatic nitrogens is 3. The lowest BCUT2D eigenvalue weighted by Gasteiger charge is -2.09. The fraction of sp³-hybridized carbons (Fsp3) is 0.111. The summed E-state index contributed by atoms with van der Waals surface area (Å²) in [6.45, 7) is 4.34. The van der Waals surface area contributed by atoms with Gasteiger partial charge in [-0.15, -0.1) is 16.8 Å². The maximum atomic E-state index is 13.0. The van der Waals surface area contributed by atoms with E-state index in [0.717, 1.165) is 16.3 Å². The lowest BCUT2D eigenvalue weighted by molar-refractivity contribution is 0.627. The third-order valence-corrected chi connectivity index (χ3v) is 5.07. The Bertz CT molecular complexity index is 894. The molecule has 0 radical (unpaired) electrons. The summed E-state index contributed by atoms with van der Waals surface area (Å²) in [5.41, 5.74) is 1.76. The van der Waals surface area contributed by atoms with Gasteiger partial charge in [0.1, 0.15) is 5.82 Å². The SMILES string of the molecule is C=CCn1c(SCc2ccc(F)cc2)nnc1-c1ccc(Cl)cc1Cl. The maximum absolute atomic E-state index is 13.0. The number of rotatable bonds is 6. The van der Waals surface area contributed by atoms with Crippen molar-refractivity contribution in [3.63, 3.8) is 0 Å². The molecule has 0 aliphatic rings. The molecule has 0 fully saturated rings. The molecule has 0 aliphatic heterocycles. The van der Waals surface area contributed by atoms with Crippen LogP contribution in [-0.2, 0) is 12.3 Å². The van der Waals surface area contributed by atoms with E-state index >= 15 is 0 Å². The van der Waals surface area contributed by atoms with Gasteiger partial charge in [0.2, 0.25) is 0 Å². The van der Waals surface area contributed by atoms with Crippen LogP contribution < -0.4 is 0 Å². The molecule has 128 valence electrons. The molecular formula is C18H14Cl2FN3S. The number of hydrogen-bond acceptors (Lipinski definition) is 3. The molecule has 0 saturated heterocycles. The van der Waals surface area contributed by atoms with E-state index in [1.807, 2.05) is 10.6 Å². The number of halogens is 3. The molecule has 0 saturated carbocycles. The third kappa shape index (κ3) is 4.24. The van der Waals surface area contributed by atoms with Gasteiger partial charge in [0.15, 0.2) is 11.0 Å². The van der Waals surface area contributed by atoms with E-state index in [9.17, 15) is 4.39 Å². The minimum Gasteiger partial charge on any atom is -0.298 e. The molecule has 1 aromatic heterocycles. The van der Waals surface area contributed by atoms with Gasteiger partial charge in [-0.25, -0.2) is 4.39 Å². The lowest BCUT2D eigenvalue weighted by atomic mass is 10.2.